The van der Waals surface area contributed by atoms with Gasteiger partial charge >= 0.3 is 0 Å². The minimum absolute atomic E-state index is 0.130. The van der Waals surface area contributed by atoms with Crippen LogP contribution in [-0.2, 0) is 9.59 Å². The third-order valence-corrected chi connectivity index (χ3v) is 7.53. The van der Waals surface area contributed by atoms with Gasteiger partial charge < -0.3 is 0 Å². The van der Waals surface area contributed by atoms with Crippen molar-refractivity contribution in [2.45, 2.75) is 0 Å². The number of benzene rings is 3. The fourth-order valence-corrected chi connectivity index (χ4v) is 6.07. The van der Waals surface area contributed by atoms with Crippen molar-refractivity contribution >= 4 is 46.3 Å². The summed E-state index contributed by atoms with van der Waals surface area (Å²) in [6.45, 7) is 0. The molecule has 1 aliphatic heterocycles. The molecule has 0 N–H and O–H groups in total. The zero-order chi connectivity index (χ0) is 22.7. The Morgan fingerprint density at radius 3 is 1.73 bits per heavy atom. The Kier molecular flexibility index (Phi) is 4.79. The van der Waals surface area contributed by atoms with Crippen LogP contribution < -0.4 is 4.90 Å². The molecule has 1 heterocycles. The molecule has 3 aromatic carbocycles. The number of hydrogen-bond acceptors (Lipinski definition) is 2. The Labute approximate surface area is 201 Å². The number of carbonyl (C=O) groups is 2. The maximum absolute atomic E-state index is 13.6. The second-order valence-electron chi connectivity index (χ2n) is 8.66. The second kappa shape index (κ2) is 7.72. The number of imide groups is 1. The molecule has 6 rings (SSSR count). The van der Waals surface area contributed by atoms with Gasteiger partial charge in [0.15, 0.2) is 0 Å². The molecule has 2 fully saturated rings. The zero-order valence-corrected chi connectivity index (χ0v) is 19.0. The Hall–Kier alpha value is -3.14. The number of rotatable bonds is 3. The minimum Gasteiger partial charge on any atom is -0.274 e. The molecule has 33 heavy (non-hydrogen) atoms. The van der Waals surface area contributed by atoms with E-state index in [1.165, 1.54) is 4.90 Å². The fourth-order valence-electron chi connectivity index (χ4n) is 5.70. The van der Waals surface area contributed by atoms with Crippen molar-refractivity contribution in [3.63, 3.8) is 0 Å². The molecule has 0 radical (unpaired) electrons. The van der Waals surface area contributed by atoms with E-state index >= 15 is 0 Å². The van der Waals surface area contributed by atoms with E-state index in [2.05, 4.69) is 36.4 Å². The summed E-state index contributed by atoms with van der Waals surface area (Å²) in [4.78, 5) is 28.5. The van der Waals surface area contributed by atoms with Crippen LogP contribution in [0.3, 0.4) is 0 Å². The molecule has 2 bridgehead atoms. The van der Waals surface area contributed by atoms with Crippen LogP contribution in [-0.4, -0.2) is 11.8 Å². The van der Waals surface area contributed by atoms with Gasteiger partial charge in [-0.25, -0.2) is 4.90 Å². The number of amides is 2. The maximum atomic E-state index is 13.6. The molecule has 0 aromatic heterocycles. The molecule has 5 heteroatoms. The number of anilines is 1. The van der Waals surface area contributed by atoms with Crippen molar-refractivity contribution in [1.82, 2.24) is 0 Å². The number of fused-ring (bicyclic) bond motifs is 5. The first-order chi connectivity index (χ1) is 16.1. The van der Waals surface area contributed by atoms with E-state index in [-0.39, 0.29) is 23.7 Å². The van der Waals surface area contributed by atoms with Crippen LogP contribution >= 0.6 is 23.2 Å². The van der Waals surface area contributed by atoms with Gasteiger partial charge in [-0.1, -0.05) is 96.0 Å². The molecule has 4 atom stereocenters. The lowest BCUT2D eigenvalue weighted by atomic mass is 9.85. The van der Waals surface area contributed by atoms with Crippen molar-refractivity contribution in [2.75, 3.05) is 4.90 Å². The van der Waals surface area contributed by atoms with Crippen LogP contribution in [0.15, 0.2) is 96.6 Å². The highest BCUT2D eigenvalue weighted by atomic mass is 35.5. The van der Waals surface area contributed by atoms with E-state index in [1.54, 1.807) is 18.2 Å². The van der Waals surface area contributed by atoms with E-state index in [9.17, 15) is 9.59 Å². The van der Waals surface area contributed by atoms with Crippen LogP contribution in [0.1, 0.15) is 11.1 Å². The molecule has 162 valence electrons. The molecule has 1 saturated carbocycles. The number of halogens is 2. The van der Waals surface area contributed by atoms with Gasteiger partial charge in [0.25, 0.3) is 0 Å². The van der Waals surface area contributed by atoms with E-state index < -0.39 is 11.8 Å². The third kappa shape index (κ3) is 3.03. The Morgan fingerprint density at radius 2 is 1.21 bits per heavy atom. The van der Waals surface area contributed by atoms with E-state index in [1.807, 2.05) is 36.4 Å². The molecule has 3 aliphatic rings. The van der Waals surface area contributed by atoms with E-state index in [4.69, 9.17) is 23.2 Å². The third-order valence-electron chi connectivity index (χ3n) is 6.98. The summed E-state index contributed by atoms with van der Waals surface area (Å²) >= 11 is 12.5. The molecule has 0 unspecified atom stereocenters. The van der Waals surface area contributed by atoms with Gasteiger partial charge in [-0.05, 0) is 40.5 Å². The highest BCUT2D eigenvalue weighted by Gasteiger charge is 2.62. The lowest BCUT2D eigenvalue weighted by Gasteiger charge is -2.22. The van der Waals surface area contributed by atoms with Crippen LogP contribution in [0.5, 0.6) is 0 Å². The first-order valence-electron chi connectivity index (χ1n) is 10.9. The topological polar surface area (TPSA) is 37.4 Å². The maximum Gasteiger partial charge on any atom is 0.238 e. The Balaban J connectivity index is 1.50. The van der Waals surface area contributed by atoms with Crippen molar-refractivity contribution in [2.24, 2.45) is 23.7 Å². The van der Waals surface area contributed by atoms with Crippen LogP contribution in [0.2, 0.25) is 10.0 Å². The molecular formula is C28H19Cl2NO2. The lowest BCUT2D eigenvalue weighted by Crippen LogP contribution is -2.33. The van der Waals surface area contributed by atoms with Gasteiger partial charge in [0.2, 0.25) is 11.8 Å². The Bertz CT molecular complexity index is 1270. The molecule has 2 aliphatic carbocycles. The molecule has 3 nitrogen and oxygen atoms in total. The predicted molar refractivity (Wildman–Crippen MR) is 131 cm³/mol. The van der Waals surface area contributed by atoms with Gasteiger partial charge in [-0.2, -0.15) is 0 Å². The zero-order valence-electron chi connectivity index (χ0n) is 17.5. The van der Waals surface area contributed by atoms with Crippen molar-refractivity contribution < 1.29 is 9.59 Å². The highest BCUT2D eigenvalue weighted by molar-refractivity contribution is 6.38. The SMILES string of the molecule is O=C1[C@@H]2[C@@H](C(=O)N1c1cc(Cl)ccc1Cl)[C@H]1C=C[C@H]2C1=C(c1ccccc1)c1ccccc1. The summed E-state index contributed by atoms with van der Waals surface area (Å²) in [5, 5.41) is 0.774. The standard InChI is InChI=1S/C28H19Cl2NO2/c29-18-11-14-21(30)22(15-18)31-27(32)25-19-12-13-20(26(25)28(31)33)24(19)23(16-7-3-1-4-8-16)17-9-5-2-6-10-17/h1-15,19-20,25-26H/t19-,20-,25-,26-/m0/s1. The lowest BCUT2D eigenvalue weighted by molar-refractivity contribution is -0.122. The number of nitrogens with zero attached hydrogens (tertiary/aromatic N) is 1. The van der Waals surface area contributed by atoms with Gasteiger partial charge in [-0.15, -0.1) is 0 Å². The molecular weight excluding hydrogens is 453 g/mol. The van der Waals surface area contributed by atoms with Gasteiger partial charge in [-0.3, -0.25) is 9.59 Å². The average molecular weight is 472 g/mol. The highest BCUT2D eigenvalue weighted by Crippen LogP contribution is 2.59. The van der Waals surface area contributed by atoms with Crippen LogP contribution in [0.25, 0.3) is 5.57 Å². The summed E-state index contributed by atoms with van der Waals surface area (Å²) in [7, 11) is 0. The predicted octanol–water partition coefficient (Wildman–Crippen LogP) is 6.42. The summed E-state index contributed by atoms with van der Waals surface area (Å²) in [6.07, 6.45) is 4.20. The molecule has 3 aromatic rings. The largest absolute Gasteiger partial charge is 0.274 e. The van der Waals surface area contributed by atoms with Gasteiger partial charge in [0.05, 0.1) is 22.5 Å². The quantitative estimate of drug-likeness (QED) is 0.326. The summed E-state index contributed by atoms with van der Waals surface area (Å²) in [5.74, 6) is -1.53. The van der Waals surface area contributed by atoms with Crippen molar-refractivity contribution in [3.8, 4) is 0 Å². The number of allylic oxidation sites excluding steroid dienone is 3. The monoisotopic (exact) mass is 471 g/mol. The van der Waals surface area contributed by atoms with Gasteiger partial charge in [0, 0.05) is 16.9 Å². The minimum atomic E-state index is -0.431. The number of carbonyl (C=O) groups excluding carboxylic acids is 2. The van der Waals surface area contributed by atoms with Crippen LogP contribution in [0.4, 0.5) is 5.69 Å². The smallest absolute Gasteiger partial charge is 0.238 e. The molecule has 0 spiro atoms. The van der Waals surface area contributed by atoms with E-state index in [0.29, 0.717) is 15.7 Å². The Morgan fingerprint density at radius 1 is 0.697 bits per heavy atom. The van der Waals surface area contributed by atoms with Crippen molar-refractivity contribution in [3.05, 3.63) is 118 Å². The second-order valence-corrected chi connectivity index (χ2v) is 9.50. The van der Waals surface area contributed by atoms with Gasteiger partial charge in [0.1, 0.15) is 0 Å². The first kappa shape index (κ1) is 20.5. The molecule has 1 saturated heterocycles. The first-order valence-corrected chi connectivity index (χ1v) is 11.7. The average Bonchev–Trinajstić information content (AvgIpc) is 3.47. The normalized spacial score (nSPS) is 25.2. The van der Waals surface area contributed by atoms with Crippen LogP contribution in [0, 0.1) is 23.7 Å². The van der Waals surface area contributed by atoms with E-state index in [0.717, 1.165) is 22.3 Å². The summed E-state index contributed by atoms with van der Waals surface area (Å²) in [5.41, 5.74) is 4.81. The molecule has 2 amide bonds. The fraction of sp³-hybridized carbons (Fsp3) is 0.143. The summed E-state index contributed by atoms with van der Waals surface area (Å²) in [6, 6.07) is 25.3. The summed E-state index contributed by atoms with van der Waals surface area (Å²) < 4.78 is 0. The number of hydrogen-bond donors (Lipinski definition) is 0. The van der Waals surface area contributed by atoms with Crippen molar-refractivity contribution in [1.29, 1.82) is 0 Å².